The van der Waals surface area contributed by atoms with Crippen LogP contribution in [-0.2, 0) is 10.0 Å². The SMILES string of the molecule is CNCC(C)S(=O)(=O)Nc1cc(OC)c(Cl)cc1OC. The lowest BCUT2D eigenvalue weighted by Gasteiger charge is -2.17. The summed E-state index contributed by atoms with van der Waals surface area (Å²) in [5.41, 5.74) is 0.289. The van der Waals surface area contributed by atoms with Gasteiger partial charge >= 0.3 is 0 Å². The van der Waals surface area contributed by atoms with Crippen molar-refractivity contribution >= 4 is 27.3 Å². The maximum atomic E-state index is 12.2. The predicted molar refractivity (Wildman–Crippen MR) is 80.5 cm³/mol. The molecule has 1 aromatic carbocycles. The van der Waals surface area contributed by atoms with Gasteiger partial charge in [-0.1, -0.05) is 11.6 Å². The number of rotatable bonds is 7. The van der Waals surface area contributed by atoms with Crippen molar-refractivity contribution in [3.63, 3.8) is 0 Å². The molecule has 0 aliphatic heterocycles. The van der Waals surface area contributed by atoms with Gasteiger partial charge in [0.15, 0.2) is 0 Å². The van der Waals surface area contributed by atoms with Crippen LogP contribution in [0.15, 0.2) is 12.1 Å². The second-order valence-corrected chi connectivity index (χ2v) is 6.71. The number of sulfonamides is 1. The van der Waals surface area contributed by atoms with E-state index in [0.717, 1.165) is 0 Å². The molecule has 20 heavy (non-hydrogen) atoms. The first-order valence-electron chi connectivity index (χ1n) is 5.93. The van der Waals surface area contributed by atoms with Crippen LogP contribution in [0.5, 0.6) is 11.5 Å². The highest BCUT2D eigenvalue weighted by molar-refractivity contribution is 7.93. The number of anilines is 1. The van der Waals surface area contributed by atoms with Crippen LogP contribution in [-0.4, -0.2) is 41.5 Å². The third-order valence-electron chi connectivity index (χ3n) is 2.75. The van der Waals surface area contributed by atoms with E-state index in [4.69, 9.17) is 21.1 Å². The number of hydrogen-bond donors (Lipinski definition) is 2. The summed E-state index contributed by atoms with van der Waals surface area (Å²) in [5.74, 6) is 0.697. The molecule has 6 nitrogen and oxygen atoms in total. The van der Waals surface area contributed by atoms with Gasteiger partial charge in [0.25, 0.3) is 0 Å². The maximum Gasteiger partial charge on any atom is 0.236 e. The molecule has 8 heteroatoms. The van der Waals surface area contributed by atoms with Gasteiger partial charge in [0.2, 0.25) is 10.0 Å². The molecule has 0 spiro atoms. The van der Waals surface area contributed by atoms with Crippen LogP contribution in [0.1, 0.15) is 6.92 Å². The van der Waals surface area contributed by atoms with Crippen LogP contribution < -0.4 is 19.5 Å². The molecule has 0 aromatic heterocycles. The number of hydrogen-bond acceptors (Lipinski definition) is 5. The molecule has 0 saturated carbocycles. The fourth-order valence-electron chi connectivity index (χ4n) is 1.59. The number of benzene rings is 1. The van der Waals surface area contributed by atoms with Gasteiger partial charge in [0.05, 0.1) is 30.2 Å². The molecule has 0 radical (unpaired) electrons. The van der Waals surface area contributed by atoms with E-state index in [1.165, 1.54) is 26.4 Å². The quantitative estimate of drug-likeness (QED) is 0.799. The largest absolute Gasteiger partial charge is 0.495 e. The lowest BCUT2D eigenvalue weighted by molar-refractivity contribution is 0.405. The van der Waals surface area contributed by atoms with Crippen molar-refractivity contribution in [2.75, 3.05) is 32.5 Å². The van der Waals surface area contributed by atoms with Gasteiger partial charge in [-0.2, -0.15) is 0 Å². The van der Waals surface area contributed by atoms with Crippen LogP contribution in [0.4, 0.5) is 5.69 Å². The smallest absolute Gasteiger partial charge is 0.236 e. The molecule has 0 bridgehead atoms. The fraction of sp³-hybridized carbons (Fsp3) is 0.500. The summed E-state index contributed by atoms with van der Waals surface area (Å²) in [5, 5.41) is 2.57. The minimum absolute atomic E-state index is 0.289. The zero-order chi connectivity index (χ0) is 15.3. The van der Waals surface area contributed by atoms with E-state index in [2.05, 4.69) is 10.0 Å². The predicted octanol–water partition coefficient (Wildman–Crippen LogP) is 1.71. The minimum atomic E-state index is -3.54. The van der Waals surface area contributed by atoms with Crippen LogP contribution in [0.25, 0.3) is 0 Å². The molecule has 2 N–H and O–H groups in total. The highest BCUT2D eigenvalue weighted by atomic mass is 35.5. The van der Waals surface area contributed by atoms with Gasteiger partial charge in [0.1, 0.15) is 11.5 Å². The number of methoxy groups -OCH3 is 2. The molecular formula is C12H19ClN2O4S. The second-order valence-electron chi connectivity index (χ2n) is 4.20. The summed E-state index contributed by atoms with van der Waals surface area (Å²) < 4.78 is 37.0. The first-order valence-corrected chi connectivity index (χ1v) is 7.86. The highest BCUT2D eigenvalue weighted by Gasteiger charge is 2.22. The average molecular weight is 323 g/mol. The Labute approximate surface area is 124 Å². The van der Waals surface area contributed by atoms with Crippen molar-refractivity contribution in [1.82, 2.24) is 5.32 Å². The van der Waals surface area contributed by atoms with Crippen molar-refractivity contribution in [3.05, 3.63) is 17.2 Å². The van der Waals surface area contributed by atoms with Gasteiger partial charge in [-0.25, -0.2) is 8.42 Å². The minimum Gasteiger partial charge on any atom is -0.495 e. The maximum absolute atomic E-state index is 12.2. The van der Waals surface area contributed by atoms with E-state index in [9.17, 15) is 8.42 Å². The second kappa shape index (κ2) is 7.01. The molecule has 1 rings (SSSR count). The molecule has 0 fully saturated rings. The Kier molecular flexibility index (Phi) is 5.91. The lowest BCUT2D eigenvalue weighted by atomic mass is 10.3. The molecule has 1 aromatic rings. The summed E-state index contributed by atoms with van der Waals surface area (Å²) in [7, 11) is 1.05. The third kappa shape index (κ3) is 3.91. The van der Waals surface area contributed by atoms with Gasteiger partial charge in [-0.3, -0.25) is 4.72 Å². The summed E-state index contributed by atoms with van der Waals surface area (Å²) >= 11 is 5.97. The van der Waals surface area contributed by atoms with Gasteiger partial charge in [-0.15, -0.1) is 0 Å². The highest BCUT2D eigenvalue weighted by Crippen LogP contribution is 2.36. The van der Waals surface area contributed by atoms with E-state index in [-0.39, 0.29) is 5.69 Å². The molecular weight excluding hydrogens is 304 g/mol. The average Bonchev–Trinajstić information content (AvgIpc) is 2.40. The Morgan fingerprint density at radius 2 is 1.85 bits per heavy atom. The Balaban J connectivity index is 3.13. The molecule has 0 aliphatic rings. The first kappa shape index (κ1) is 16.9. The topological polar surface area (TPSA) is 76.7 Å². The normalized spacial score (nSPS) is 12.8. The standard InChI is InChI=1S/C12H19ClN2O4S/c1-8(7-14-2)20(16,17)15-10-6-11(18-3)9(13)5-12(10)19-4/h5-6,8,14-15H,7H2,1-4H3. The van der Waals surface area contributed by atoms with Gasteiger partial charge in [-0.05, 0) is 14.0 Å². The van der Waals surface area contributed by atoms with Crippen LogP contribution in [0.2, 0.25) is 5.02 Å². The Bertz CT molecular complexity index is 563. The van der Waals surface area contributed by atoms with E-state index >= 15 is 0 Å². The van der Waals surface area contributed by atoms with Crippen molar-refractivity contribution in [1.29, 1.82) is 0 Å². The van der Waals surface area contributed by atoms with Gasteiger partial charge < -0.3 is 14.8 Å². The molecule has 0 amide bonds. The summed E-state index contributed by atoms with van der Waals surface area (Å²) in [6, 6.07) is 2.99. The van der Waals surface area contributed by atoms with Gasteiger partial charge in [0, 0.05) is 18.7 Å². The van der Waals surface area contributed by atoms with Crippen LogP contribution >= 0.6 is 11.6 Å². The summed E-state index contributed by atoms with van der Waals surface area (Å²) in [6.45, 7) is 1.95. The van der Waals surface area contributed by atoms with Crippen molar-refractivity contribution in [2.45, 2.75) is 12.2 Å². The fourth-order valence-corrected chi connectivity index (χ4v) is 2.88. The van der Waals surface area contributed by atoms with Crippen LogP contribution in [0, 0.1) is 0 Å². The Morgan fingerprint density at radius 3 is 2.35 bits per heavy atom. The molecule has 0 heterocycles. The number of halogens is 1. The van der Waals surface area contributed by atoms with Crippen LogP contribution in [0.3, 0.4) is 0 Å². The van der Waals surface area contributed by atoms with E-state index in [1.54, 1.807) is 14.0 Å². The Hall–Kier alpha value is -1.18. The molecule has 114 valence electrons. The van der Waals surface area contributed by atoms with E-state index in [0.29, 0.717) is 23.1 Å². The Morgan fingerprint density at radius 1 is 1.25 bits per heavy atom. The van der Waals surface area contributed by atoms with Crippen molar-refractivity contribution < 1.29 is 17.9 Å². The molecule has 0 saturated heterocycles. The number of ether oxygens (including phenoxy) is 2. The summed E-state index contributed by atoms with van der Waals surface area (Å²) in [6.07, 6.45) is 0. The van der Waals surface area contributed by atoms with Crippen molar-refractivity contribution in [3.8, 4) is 11.5 Å². The van der Waals surface area contributed by atoms with Crippen molar-refractivity contribution in [2.24, 2.45) is 0 Å². The molecule has 0 aliphatic carbocycles. The lowest BCUT2D eigenvalue weighted by Crippen LogP contribution is -2.33. The third-order valence-corrected chi connectivity index (χ3v) is 4.77. The zero-order valence-electron chi connectivity index (χ0n) is 11.9. The van der Waals surface area contributed by atoms with E-state index in [1.807, 2.05) is 0 Å². The first-order chi connectivity index (χ1) is 9.35. The molecule has 1 atom stereocenters. The zero-order valence-corrected chi connectivity index (χ0v) is 13.4. The van der Waals surface area contributed by atoms with E-state index < -0.39 is 15.3 Å². The number of nitrogens with one attached hydrogen (secondary N) is 2. The molecule has 1 unspecified atom stereocenters. The summed E-state index contributed by atoms with van der Waals surface area (Å²) in [4.78, 5) is 0. The monoisotopic (exact) mass is 322 g/mol.